The van der Waals surface area contributed by atoms with Gasteiger partial charge < -0.3 is 0 Å². The van der Waals surface area contributed by atoms with E-state index in [9.17, 15) is 4.79 Å². The minimum absolute atomic E-state index is 0.142. The first kappa shape index (κ1) is 8.04. The Hall–Kier alpha value is -1.06. The second-order valence-corrected chi connectivity index (χ2v) is 3.17. The molecule has 0 saturated heterocycles. The molecule has 1 N–H and O–H groups in total. The molecule has 0 aliphatic rings. The highest BCUT2D eigenvalue weighted by Crippen LogP contribution is 2.14. The molecule has 0 atom stereocenters. The Kier molecular flexibility index (Phi) is 1.85. The third-order valence-electron chi connectivity index (χ3n) is 1.99. The van der Waals surface area contributed by atoms with Crippen LogP contribution in [0.3, 0.4) is 0 Å². The number of rotatable bonds is 2. The minimum Gasteiger partial charge on any atom is -0.295 e. The molecule has 0 spiro atoms. The van der Waals surface area contributed by atoms with Crippen LogP contribution in [0.15, 0.2) is 11.1 Å². The van der Waals surface area contributed by atoms with Crippen LogP contribution in [0.2, 0.25) is 0 Å². The van der Waals surface area contributed by atoms with Gasteiger partial charge in [0.05, 0.1) is 5.54 Å². The average Bonchev–Trinajstić information content (AvgIpc) is 2.36. The van der Waals surface area contributed by atoms with Crippen molar-refractivity contribution in [1.29, 1.82) is 0 Å². The van der Waals surface area contributed by atoms with Gasteiger partial charge in [-0.05, 0) is 20.3 Å². The molecule has 1 rings (SSSR count). The van der Waals surface area contributed by atoms with Crippen molar-refractivity contribution in [2.45, 2.75) is 32.7 Å². The van der Waals surface area contributed by atoms with E-state index >= 15 is 0 Å². The summed E-state index contributed by atoms with van der Waals surface area (Å²) in [5, 5.41) is 3.91. The molecule has 4 heteroatoms. The molecule has 0 aromatic carbocycles. The number of nitrogens with zero attached hydrogens (tertiary/aromatic N) is 2. The lowest BCUT2D eigenvalue weighted by atomic mass is 10.0. The molecule has 0 radical (unpaired) electrons. The lowest BCUT2D eigenvalue weighted by molar-refractivity contribution is 0.298. The Morgan fingerprint density at radius 3 is 2.73 bits per heavy atom. The molecule has 62 valence electrons. The highest BCUT2D eigenvalue weighted by atomic mass is 16.2. The Morgan fingerprint density at radius 2 is 2.36 bits per heavy atom. The van der Waals surface area contributed by atoms with E-state index in [4.69, 9.17) is 0 Å². The first-order valence-corrected chi connectivity index (χ1v) is 3.71. The van der Waals surface area contributed by atoms with Gasteiger partial charge in [0.15, 0.2) is 0 Å². The van der Waals surface area contributed by atoms with Gasteiger partial charge in [0.2, 0.25) is 0 Å². The first-order valence-electron chi connectivity index (χ1n) is 3.71. The lowest BCUT2D eigenvalue weighted by Gasteiger charge is -2.21. The van der Waals surface area contributed by atoms with Crippen molar-refractivity contribution in [3.05, 3.63) is 16.8 Å². The summed E-state index contributed by atoms with van der Waals surface area (Å²) in [6.07, 6.45) is 2.30. The van der Waals surface area contributed by atoms with Gasteiger partial charge in [-0.15, -0.1) is 0 Å². The van der Waals surface area contributed by atoms with Crippen LogP contribution in [-0.4, -0.2) is 14.8 Å². The monoisotopic (exact) mass is 155 g/mol. The lowest BCUT2D eigenvalue weighted by Crippen LogP contribution is -2.35. The predicted molar refractivity (Wildman–Crippen MR) is 42.5 cm³/mol. The second kappa shape index (κ2) is 2.53. The zero-order chi connectivity index (χ0) is 8.48. The van der Waals surface area contributed by atoms with Gasteiger partial charge in [-0.3, -0.25) is 4.98 Å². The molecule has 0 amide bonds. The van der Waals surface area contributed by atoms with Crippen LogP contribution < -0.4 is 5.69 Å². The second-order valence-electron chi connectivity index (χ2n) is 3.17. The van der Waals surface area contributed by atoms with Crippen LogP contribution in [0, 0.1) is 0 Å². The van der Waals surface area contributed by atoms with Gasteiger partial charge in [0.1, 0.15) is 6.33 Å². The van der Waals surface area contributed by atoms with E-state index in [1.807, 2.05) is 20.8 Å². The van der Waals surface area contributed by atoms with Crippen molar-refractivity contribution in [2.24, 2.45) is 0 Å². The summed E-state index contributed by atoms with van der Waals surface area (Å²) in [6, 6.07) is 0. The summed E-state index contributed by atoms with van der Waals surface area (Å²) in [7, 11) is 0. The van der Waals surface area contributed by atoms with Crippen LogP contribution in [0.1, 0.15) is 27.2 Å². The fourth-order valence-electron chi connectivity index (χ4n) is 0.836. The Bertz CT molecular complexity index is 284. The SMILES string of the molecule is CCC(C)(C)n1nc[nH]c1=O. The molecule has 0 unspecified atom stereocenters. The van der Waals surface area contributed by atoms with Gasteiger partial charge >= 0.3 is 5.69 Å². The predicted octanol–water partition coefficient (Wildman–Crippen LogP) is 0.716. The Labute approximate surface area is 65.2 Å². The van der Waals surface area contributed by atoms with Crippen molar-refractivity contribution in [3.8, 4) is 0 Å². The zero-order valence-corrected chi connectivity index (χ0v) is 7.09. The van der Waals surface area contributed by atoms with E-state index < -0.39 is 0 Å². The fraction of sp³-hybridized carbons (Fsp3) is 0.714. The van der Waals surface area contributed by atoms with Crippen molar-refractivity contribution < 1.29 is 0 Å². The zero-order valence-electron chi connectivity index (χ0n) is 7.09. The van der Waals surface area contributed by atoms with Gasteiger partial charge in [-0.25, -0.2) is 9.48 Å². The molecule has 1 aromatic rings. The molecule has 4 nitrogen and oxygen atoms in total. The van der Waals surface area contributed by atoms with E-state index in [2.05, 4.69) is 10.1 Å². The summed E-state index contributed by atoms with van der Waals surface area (Å²) in [6.45, 7) is 5.99. The Balaban J connectivity index is 3.11. The molecule has 1 aromatic heterocycles. The number of H-pyrrole nitrogens is 1. The van der Waals surface area contributed by atoms with Gasteiger partial charge in [0.25, 0.3) is 0 Å². The topological polar surface area (TPSA) is 50.7 Å². The third-order valence-corrected chi connectivity index (χ3v) is 1.99. The van der Waals surface area contributed by atoms with Crippen molar-refractivity contribution in [3.63, 3.8) is 0 Å². The van der Waals surface area contributed by atoms with E-state index in [1.165, 1.54) is 11.0 Å². The minimum atomic E-state index is -0.183. The van der Waals surface area contributed by atoms with Crippen LogP contribution in [0.5, 0.6) is 0 Å². The van der Waals surface area contributed by atoms with Crippen LogP contribution in [-0.2, 0) is 5.54 Å². The quantitative estimate of drug-likeness (QED) is 0.684. The third kappa shape index (κ3) is 1.34. The summed E-state index contributed by atoms with van der Waals surface area (Å²) in [4.78, 5) is 13.6. The number of aromatic nitrogens is 3. The molecular formula is C7H13N3O. The Morgan fingerprint density at radius 1 is 1.73 bits per heavy atom. The number of nitrogens with one attached hydrogen (secondary N) is 1. The summed E-state index contributed by atoms with van der Waals surface area (Å²) in [5.74, 6) is 0. The van der Waals surface area contributed by atoms with E-state index in [1.54, 1.807) is 0 Å². The number of hydrogen-bond donors (Lipinski definition) is 1. The van der Waals surface area contributed by atoms with Crippen LogP contribution >= 0.6 is 0 Å². The largest absolute Gasteiger partial charge is 0.343 e. The standard InChI is InChI=1S/C7H13N3O/c1-4-7(2,3)10-6(11)8-5-9-10/h5H,4H2,1-3H3,(H,8,9,11). The smallest absolute Gasteiger partial charge is 0.295 e. The number of hydrogen-bond acceptors (Lipinski definition) is 2. The van der Waals surface area contributed by atoms with E-state index in [-0.39, 0.29) is 11.2 Å². The highest BCUT2D eigenvalue weighted by molar-refractivity contribution is 4.75. The van der Waals surface area contributed by atoms with Gasteiger partial charge in [-0.2, -0.15) is 5.10 Å². The first-order chi connectivity index (χ1) is 5.08. The van der Waals surface area contributed by atoms with E-state index in [0.29, 0.717) is 0 Å². The maximum absolute atomic E-state index is 11.1. The molecule has 0 saturated carbocycles. The maximum atomic E-state index is 11.1. The summed E-state index contributed by atoms with van der Waals surface area (Å²) in [5.41, 5.74) is -0.325. The molecule has 11 heavy (non-hydrogen) atoms. The average molecular weight is 155 g/mol. The molecule has 0 aliphatic heterocycles. The van der Waals surface area contributed by atoms with Gasteiger partial charge in [-0.1, -0.05) is 6.92 Å². The van der Waals surface area contributed by atoms with E-state index in [0.717, 1.165) is 6.42 Å². The molecule has 0 aliphatic carbocycles. The summed E-state index contributed by atoms with van der Waals surface area (Å²) >= 11 is 0. The molecule has 1 heterocycles. The number of aromatic amines is 1. The van der Waals surface area contributed by atoms with Crippen LogP contribution in [0.4, 0.5) is 0 Å². The maximum Gasteiger partial charge on any atom is 0.343 e. The summed E-state index contributed by atoms with van der Waals surface area (Å²) < 4.78 is 1.47. The molecular weight excluding hydrogens is 142 g/mol. The molecule has 0 bridgehead atoms. The van der Waals surface area contributed by atoms with Gasteiger partial charge in [0, 0.05) is 0 Å². The highest BCUT2D eigenvalue weighted by Gasteiger charge is 2.20. The van der Waals surface area contributed by atoms with Crippen molar-refractivity contribution in [1.82, 2.24) is 14.8 Å². The fourth-order valence-corrected chi connectivity index (χ4v) is 0.836. The van der Waals surface area contributed by atoms with Crippen molar-refractivity contribution >= 4 is 0 Å². The van der Waals surface area contributed by atoms with Crippen LogP contribution in [0.25, 0.3) is 0 Å². The molecule has 0 fully saturated rings. The normalized spacial score (nSPS) is 11.9. The van der Waals surface area contributed by atoms with Crippen molar-refractivity contribution in [2.75, 3.05) is 0 Å².